The Bertz CT molecular complexity index is 369. The number of allylic oxidation sites excluding steroid dienone is 2. The van der Waals surface area contributed by atoms with Crippen LogP contribution in [0.4, 0.5) is 0 Å². The molecule has 0 aromatic heterocycles. The van der Waals surface area contributed by atoms with Crippen LogP contribution in [0.3, 0.4) is 0 Å². The number of carbonyl (C=O) groups is 2. The fraction of sp³-hybridized carbons (Fsp3) is 0.778. The van der Waals surface area contributed by atoms with Gasteiger partial charge in [0, 0.05) is 7.11 Å². The highest BCUT2D eigenvalue weighted by atomic mass is 16.5. The van der Waals surface area contributed by atoms with Crippen LogP contribution in [0.5, 0.6) is 0 Å². The van der Waals surface area contributed by atoms with Crippen LogP contribution < -0.4 is 0 Å². The number of carbonyl (C=O) groups excluding carboxylic acids is 2. The molecule has 0 aliphatic heterocycles. The zero-order valence-electron chi connectivity index (χ0n) is 15.0. The lowest BCUT2D eigenvalue weighted by atomic mass is 9.95. The maximum absolute atomic E-state index is 11.6. The predicted molar refractivity (Wildman–Crippen MR) is 88.7 cm³/mol. The molecule has 4 heteroatoms. The molecule has 0 aliphatic carbocycles. The van der Waals surface area contributed by atoms with Crippen molar-refractivity contribution in [3.8, 4) is 0 Å². The SMILES string of the molecule is COC(C)(C)CCCC(C)C/C=C\C(=O)CC(=O)OC(C)C. The Balaban J connectivity index is 3.91. The zero-order valence-corrected chi connectivity index (χ0v) is 15.0. The molecule has 0 amide bonds. The topological polar surface area (TPSA) is 52.6 Å². The minimum atomic E-state index is -0.459. The highest BCUT2D eigenvalue weighted by molar-refractivity contribution is 6.01. The second-order valence-electron chi connectivity index (χ2n) is 6.78. The van der Waals surface area contributed by atoms with E-state index in [9.17, 15) is 9.59 Å². The van der Waals surface area contributed by atoms with Crippen LogP contribution in [0.2, 0.25) is 0 Å². The Kier molecular flexibility index (Phi) is 9.99. The summed E-state index contributed by atoms with van der Waals surface area (Å²) < 4.78 is 10.3. The monoisotopic (exact) mass is 312 g/mol. The average Bonchev–Trinajstić information content (AvgIpc) is 2.37. The van der Waals surface area contributed by atoms with Crippen LogP contribution in [0.25, 0.3) is 0 Å². The van der Waals surface area contributed by atoms with E-state index in [1.54, 1.807) is 21.0 Å². The summed E-state index contributed by atoms with van der Waals surface area (Å²) in [6.07, 6.45) is 7.07. The van der Waals surface area contributed by atoms with Crippen molar-refractivity contribution in [2.45, 2.75) is 78.4 Å². The van der Waals surface area contributed by atoms with Crippen molar-refractivity contribution in [1.29, 1.82) is 0 Å². The minimum absolute atomic E-state index is 0.0672. The molecule has 1 unspecified atom stereocenters. The molecule has 0 spiro atoms. The van der Waals surface area contributed by atoms with Gasteiger partial charge in [-0.3, -0.25) is 9.59 Å². The van der Waals surface area contributed by atoms with Crippen LogP contribution >= 0.6 is 0 Å². The molecule has 0 fully saturated rings. The van der Waals surface area contributed by atoms with Gasteiger partial charge in [-0.15, -0.1) is 0 Å². The first-order chi connectivity index (χ1) is 10.2. The van der Waals surface area contributed by atoms with Gasteiger partial charge in [-0.05, 0) is 52.5 Å². The molecule has 1 atom stereocenters. The summed E-state index contributed by atoms with van der Waals surface area (Å²) in [4.78, 5) is 22.9. The van der Waals surface area contributed by atoms with E-state index in [2.05, 4.69) is 20.8 Å². The second-order valence-corrected chi connectivity index (χ2v) is 6.78. The van der Waals surface area contributed by atoms with Crippen LogP contribution in [-0.2, 0) is 19.1 Å². The summed E-state index contributed by atoms with van der Waals surface area (Å²) in [7, 11) is 1.74. The normalized spacial score (nSPS) is 13.6. The third kappa shape index (κ3) is 11.5. The molecule has 128 valence electrons. The summed E-state index contributed by atoms with van der Waals surface area (Å²) in [5, 5.41) is 0. The highest BCUT2D eigenvalue weighted by Crippen LogP contribution is 2.20. The first-order valence-corrected chi connectivity index (χ1v) is 8.10. The lowest BCUT2D eigenvalue weighted by Gasteiger charge is -2.23. The summed E-state index contributed by atoms with van der Waals surface area (Å²) in [5.74, 6) is -0.141. The van der Waals surface area contributed by atoms with Crippen molar-refractivity contribution < 1.29 is 19.1 Å². The Morgan fingerprint density at radius 1 is 1.18 bits per heavy atom. The summed E-state index contributed by atoms with van der Waals surface area (Å²) in [6.45, 7) is 9.89. The number of hydrogen-bond donors (Lipinski definition) is 0. The smallest absolute Gasteiger partial charge is 0.313 e. The van der Waals surface area contributed by atoms with Crippen LogP contribution in [0.15, 0.2) is 12.2 Å². The minimum Gasteiger partial charge on any atom is -0.463 e. The summed E-state index contributed by atoms with van der Waals surface area (Å²) in [6, 6.07) is 0. The predicted octanol–water partition coefficient (Wildman–Crippen LogP) is 4.07. The van der Waals surface area contributed by atoms with Crippen LogP contribution in [0, 0.1) is 5.92 Å². The first kappa shape index (κ1) is 20.8. The van der Waals surface area contributed by atoms with Gasteiger partial charge in [-0.25, -0.2) is 0 Å². The van der Waals surface area contributed by atoms with Gasteiger partial charge in [-0.2, -0.15) is 0 Å². The fourth-order valence-electron chi connectivity index (χ4n) is 2.03. The van der Waals surface area contributed by atoms with E-state index in [1.165, 1.54) is 6.08 Å². The van der Waals surface area contributed by atoms with E-state index in [4.69, 9.17) is 9.47 Å². The lowest BCUT2D eigenvalue weighted by Crippen LogP contribution is -2.22. The van der Waals surface area contributed by atoms with Crippen molar-refractivity contribution in [2.24, 2.45) is 5.92 Å². The van der Waals surface area contributed by atoms with Crippen molar-refractivity contribution in [1.82, 2.24) is 0 Å². The molecule has 0 radical (unpaired) electrons. The van der Waals surface area contributed by atoms with Crippen molar-refractivity contribution in [3.05, 3.63) is 12.2 Å². The summed E-state index contributed by atoms with van der Waals surface area (Å²) >= 11 is 0. The maximum atomic E-state index is 11.6. The first-order valence-electron chi connectivity index (χ1n) is 8.10. The number of hydrogen-bond acceptors (Lipinski definition) is 4. The van der Waals surface area contributed by atoms with Gasteiger partial charge in [0.1, 0.15) is 6.42 Å². The molecule has 0 N–H and O–H groups in total. The largest absolute Gasteiger partial charge is 0.463 e. The molecule has 4 nitrogen and oxygen atoms in total. The number of rotatable bonds is 11. The molecule has 0 aromatic rings. The molecule has 0 heterocycles. The van der Waals surface area contributed by atoms with Gasteiger partial charge >= 0.3 is 5.97 Å². The molecule has 0 bridgehead atoms. The van der Waals surface area contributed by atoms with Gasteiger partial charge in [-0.1, -0.05) is 25.8 Å². The van der Waals surface area contributed by atoms with Crippen molar-refractivity contribution >= 4 is 11.8 Å². The van der Waals surface area contributed by atoms with Crippen LogP contribution in [-0.4, -0.2) is 30.6 Å². The van der Waals surface area contributed by atoms with Crippen molar-refractivity contribution in [2.75, 3.05) is 7.11 Å². The van der Waals surface area contributed by atoms with E-state index in [0.717, 1.165) is 25.7 Å². The molecular weight excluding hydrogens is 280 g/mol. The van der Waals surface area contributed by atoms with E-state index >= 15 is 0 Å². The Hall–Kier alpha value is -1.16. The lowest BCUT2D eigenvalue weighted by molar-refractivity contribution is -0.148. The Morgan fingerprint density at radius 2 is 1.82 bits per heavy atom. The number of ketones is 1. The molecule has 0 saturated heterocycles. The number of ether oxygens (including phenoxy) is 2. The molecule has 0 rings (SSSR count). The Labute approximate surface area is 135 Å². The second kappa shape index (κ2) is 10.5. The van der Waals surface area contributed by atoms with E-state index in [1.807, 2.05) is 6.08 Å². The number of esters is 1. The molecule has 0 aliphatic rings. The van der Waals surface area contributed by atoms with E-state index in [0.29, 0.717) is 5.92 Å². The van der Waals surface area contributed by atoms with Gasteiger partial charge in [0.2, 0.25) is 0 Å². The molecule has 0 aromatic carbocycles. The molecule has 0 saturated carbocycles. The Morgan fingerprint density at radius 3 is 2.36 bits per heavy atom. The van der Waals surface area contributed by atoms with Crippen molar-refractivity contribution in [3.63, 3.8) is 0 Å². The van der Waals surface area contributed by atoms with Gasteiger partial charge in [0.15, 0.2) is 5.78 Å². The maximum Gasteiger partial charge on any atom is 0.313 e. The third-order valence-electron chi connectivity index (χ3n) is 3.56. The fourth-order valence-corrected chi connectivity index (χ4v) is 2.03. The third-order valence-corrected chi connectivity index (χ3v) is 3.56. The highest BCUT2D eigenvalue weighted by Gasteiger charge is 2.16. The van der Waals surface area contributed by atoms with Gasteiger partial charge in [0.25, 0.3) is 0 Å². The average molecular weight is 312 g/mol. The van der Waals surface area contributed by atoms with E-state index < -0.39 is 5.97 Å². The standard InChI is InChI=1S/C18H32O4/c1-14(2)22-17(20)13-16(19)11-7-9-15(3)10-8-12-18(4,5)21-6/h7,11,14-15H,8-10,12-13H2,1-6H3/b11-7-. The zero-order chi connectivity index (χ0) is 17.2. The molecule has 22 heavy (non-hydrogen) atoms. The summed E-state index contributed by atoms with van der Waals surface area (Å²) in [5.41, 5.74) is -0.0672. The van der Waals surface area contributed by atoms with Gasteiger partial charge in [0.05, 0.1) is 11.7 Å². The quantitative estimate of drug-likeness (QED) is 0.328. The van der Waals surface area contributed by atoms with Crippen LogP contribution in [0.1, 0.15) is 66.7 Å². The van der Waals surface area contributed by atoms with E-state index in [-0.39, 0.29) is 23.9 Å². The number of methoxy groups -OCH3 is 1. The van der Waals surface area contributed by atoms with Gasteiger partial charge < -0.3 is 9.47 Å². The molecular formula is C18H32O4.